The van der Waals surface area contributed by atoms with E-state index in [1.54, 1.807) is 20.4 Å². The Morgan fingerprint density at radius 3 is 2.52 bits per heavy atom. The topological polar surface area (TPSA) is 78.3 Å². The smallest absolute Gasteiger partial charge is 0.236 e. The number of pyridine rings is 1. The molecule has 0 aliphatic carbocycles. The number of ether oxygens (including phenoxy) is 1. The second-order valence-corrected chi connectivity index (χ2v) is 8.53. The van der Waals surface area contributed by atoms with Crippen LogP contribution >= 0.6 is 11.8 Å². The number of piperazine rings is 1. The third-order valence-electron chi connectivity index (χ3n) is 5.41. The molecular formula is C22H25N5O3S. The molecule has 0 radical (unpaired) electrons. The summed E-state index contributed by atoms with van der Waals surface area (Å²) in [5, 5.41) is 0.0778. The second-order valence-electron chi connectivity index (χ2n) is 7.36. The van der Waals surface area contributed by atoms with Crippen LogP contribution in [0.15, 0.2) is 53.7 Å². The summed E-state index contributed by atoms with van der Waals surface area (Å²) in [4.78, 5) is 40.2. The van der Waals surface area contributed by atoms with Gasteiger partial charge in [-0.3, -0.25) is 14.5 Å². The van der Waals surface area contributed by atoms with E-state index in [0.29, 0.717) is 23.9 Å². The van der Waals surface area contributed by atoms with Gasteiger partial charge < -0.3 is 14.5 Å². The number of rotatable bonds is 4. The van der Waals surface area contributed by atoms with Gasteiger partial charge in [-0.2, -0.15) is 0 Å². The van der Waals surface area contributed by atoms with Gasteiger partial charge in [0.15, 0.2) is 5.17 Å². The minimum atomic E-state index is -0.456. The molecule has 162 valence electrons. The fourth-order valence-corrected chi connectivity index (χ4v) is 4.71. The average Bonchev–Trinajstić information content (AvgIpc) is 2.82. The lowest BCUT2D eigenvalue weighted by atomic mass is 10.2. The summed E-state index contributed by atoms with van der Waals surface area (Å²) >= 11 is 1.35. The van der Waals surface area contributed by atoms with Crippen LogP contribution in [0, 0.1) is 0 Å². The average molecular weight is 440 g/mol. The van der Waals surface area contributed by atoms with Crippen molar-refractivity contribution in [3.05, 3.63) is 48.7 Å². The predicted molar refractivity (Wildman–Crippen MR) is 122 cm³/mol. The van der Waals surface area contributed by atoms with E-state index >= 15 is 0 Å². The van der Waals surface area contributed by atoms with Crippen molar-refractivity contribution in [3.63, 3.8) is 0 Å². The van der Waals surface area contributed by atoms with E-state index in [-0.39, 0.29) is 18.2 Å². The quantitative estimate of drug-likeness (QED) is 0.728. The van der Waals surface area contributed by atoms with E-state index in [1.165, 1.54) is 16.7 Å². The lowest BCUT2D eigenvalue weighted by Gasteiger charge is -2.38. The summed E-state index contributed by atoms with van der Waals surface area (Å²) in [5.41, 5.74) is 0.708. The van der Waals surface area contributed by atoms with Crippen molar-refractivity contribution in [2.75, 3.05) is 45.2 Å². The molecule has 2 aliphatic rings. The van der Waals surface area contributed by atoms with Gasteiger partial charge in [-0.05, 0) is 36.4 Å². The number of hydrogen-bond acceptors (Lipinski definition) is 7. The Balaban J connectivity index is 1.42. The third kappa shape index (κ3) is 4.82. The number of aliphatic imine (C=N–C) groups is 1. The van der Waals surface area contributed by atoms with Crippen LogP contribution in [-0.2, 0) is 9.59 Å². The molecule has 4 rings (SSSR count). The third-order valence-corrected chi connectivity index (χ3v) is 6.63. The number of nitrogens with zero attached hydrogens (tertiary/aromatic N) is 5. The first-order valence-corrected chi connectivity index (χ1v) is 11.0. The first-order chi connectivity index (χ1) is 15.0. The molecule has 0 saturated carbocycles. The molecular weight excluding hydrogens is 414 g/mol. The first-order valence-electron chi connectivity index (χ1n) is 10.2. The van der Waals surface area contributed by atoms with Crippen molar-refractivity contribution >= 4 is 40.2 Å². The maximum Gasteiger partial charge on any atom is 0.236 e. The highest BCUT2D eigenvalue weighted by Crippen LogP contribution is 2.30. The maximum atomic E-state index is 13.2. The Kier molecular flexibility index (Phi) is 6.41. The zero-order valence-corrected chi connectivity index (χ0v) is 18.4. The van der Waals surface area contributed by atoms with E-state index in [0.717, 1.165) is 24.7 Å². The Hall–Kier alpha value is -3.07. The predicted octanol–water partition coefficient (Wildman–Crippen LogP) is 2.39. The standard InChI is InChI=1S/C22H25N5O3S/c1-25-20(28)15-18(31-22(25)24-16-6-8-17(30-2)9-7-16)21(29)27-13-11-26(12-14-27)19-5-3-4-10-23-19/h3-10,18H,11-15H2,1-2H3/t18-/m1/s1. The number of aromatic nitrogens is 1. The van der Waals surface area contributed by atoms with Crippen LogP contribution in [0.5, 0.6) is 5.75 Å². The molecule has 1 aromatic heterocycles. The van der Waals surface area contributed by atoms with Crippen molar-refractivity contribution in [1.29, 1.82) is 0 Å². The summed E-state index contributed by atoms with van der Waals surface area (Å²) < 4.78 is 5.17. The first kappa shape index (κ1) is 21.2. The van der Waals surface area contributed by atoms with Crippen LogP contribution in [0.4, 0.5) is 11.5 Å². The van der Waals surface area contributed by atoms with Crippen molar-refractivity contribution < 1.29 is 14.3 Å². The number of anilines is 1. The molecule has 0 bridgehead atoms. The lowest BCUT2D eigenvalue weighted by Crippen LogP contribution is -2.53. The number of thioether (sulfide) groups is 1. The number of amidine groups is 1. The highest BCUT2D eigenvalue weighted by molar-refractivity contribution is 8.15. The number of amides is 2. The van der Waals surface area contributed by atoms with Gasteiger partial charge >= 0.3 is 0 Å². The van der Waals surface area contributed by atoms with Gasteiger partial charge in [0.25, 0.3) is 0 Å². The van der Waals surface area contributed by atoms with Gasteiger partial charge in [0.1, 0.15) is 16.8 Å². The van der Waals surface area contributed by atoms with Gasteiger partial charge in [0.2, 0.25) is 11.8 Å². The molecule has 8 nitrogen and oxygen atoms in total. The summed E-state index contributed by atoms with van der Waals surface area (Å²) in [7, 11) is 3.31. The van der Waals surface area contributed by atoms with Gasteiger partial charge in [0.05, 0.1) is 12.8 Å². The molecule has 2 amide bonds. The molecule has 2 aromatic rings. The molecule has 0 unspecified atom stereocenters. The van der Waals surface area contributed by atoms with Gasteiger partial charge in [-0.15, -0.1) is 0 Å². The normalized spacial score (nSPS) is 20.8. The minimum Gasteiger partial charge on any atom is -0.497 e. The van der Waals surface area contributed by atoms with E-state index in [9.17, 15) is 9.59 Å². The minimum absolute atomic E-state index is 0.00504. The van der Waals surface area contributed by atoms with Crippen molar-refractivity contribution in [1.82, 2.24) is 14.8 Å². The molecule has 0 N–H and O–H groups in total. The highest BCUT2D eigenvalue weighted by Gasteiger charge is 2.37. The lowest BCUT2D eigenvalue weighted by molar-refractivity contribution is -0.134. The molecule has 1 atom stereocenters. The summed E-state index contributed by atoms with van der Waals surface area (Å²) in [5.74, 6) is 1.56. The van der Waals surface area contributed by atoms with Crippen molar-refractivity contribution in [3.8, 4) is 5.75 Å². The molecule has 2 fully saturated rings. The van der Waals surface area contributed by atoms with Crippen LogP contribution in [0.25, 0.3) is 0 Å². The monoisotopic (exact) mass is 439 g/mol. The Labute approximate surface area is 185 Å². The van der Waals surface area contributed by atoms with Crippen molar-refractivity contribution in [2.24, 2.45) is 4.99 Å². The molecule has 1 aromatic carbocycles. The molecule has 9 heteroatoms. The molecule has 3 heterocycles. The van der Waals surface area contributed by atoms with E-state index < -0.39 is 5.25 Å². The Bertz CT molecular complexity index is 959. The highest BCUT2D eigenvalue weighted by atomic mass is 32.2. The number of benzene rings is 1. The maximum absolute atomic E-state index is 13.2. The summed E-state index contributed by atoms with van der Waals surface area (Å²) in [6.45, 7) is 2.67. The number of carbonyl (C=O) groups excluding carboxylic acids is 2. The van der Waals surface area contributed by atoms with E-state index in [1.807, 2.05) is 47.4 Å². The van der Waals surface area contributed by atoms with E-state index in [4.69, 9.17) is 4.74 Å². The Morgan fingerprint density at radius 2 is 1.87 bits per heavy atom. The molecule has 2 aliphatic heterocycles. The van der Waals surface area contributed by atoms with Gasteiger partial charge in [-0.1, -0.05) is 17.8 Å². The van der Waals surface area contributed by atoms with E-state index in [2.05, 4.69) is 14.9 Å². The molecule has 31 heavy (non-hydrogen) atoms. The van der Waals surface area contributed by atoms with Crippen LogP contribution in [0.2, 0.25) is 0 Å². The number of carbonyl (C=O) groups is 2. The zero-order chi connectivity index (χ0) is 21.8. The molecule has 2 saturated heterocycles. The second kappa shape index (κ2) is 9.38. The SMILES string of the molecule is COc1ccc(N=C2S[C@@H](C(=O)N3CCN(c4ccccn4)CC3)CC(=O)N2C)cc1. The van der Waals surface area contributed by atoms with Crippen LogP contribution in [-0.4, -0.2) is 77.4 Å². The number of hydrogen-bond donors (Lipinski definition) is 0. The van der Waals surface area contributed by atoms with Gasteiger partial charge in [0, 0.05) is 45.8 Å². The van der Waals surface area contributed by atoms with Crippen LogP contribution in [0.3, 0.4) is 0 Å². The van der Waals surface area contributed by atoms with Crippen molar-refractivity contribution in [2.45, 2.75) is 11.7 Å². The van der Waals surface area contributed by atoms with Crippen LogP contribution in [0.1, 0.15) is 6.42 Å². The number of methoxy groups -OCH3 is 1. The largest absolute Gasteiger partial charge is 0.497 e. The summed E-state index contributed by atoms with van der Waals surface area (Å²) in [6, 6.07) is 13.1. The van der Waals surface area contributed by atoms with Crippen LogP contribution < -0.4 is 9.64 Å². The van der Waals surface area contributed by atoms with Gasteiger partial charge in [-0.25, -0.2) is 9.98 Å². The Morgan fingerprint density at radius 1 is 1.13 bits per heavy atom. The zero-order valence-electron chi connectivity index (χ0n) is 17.6. The summed E-state index contributed by atoms with van der Waals surface area (Å²) in [6.07, 6.45) is 1.96. The fraction of sp³-hybridized carbons (Fsp3) is 0.364. The molecule has 0 spiro atoms. The fourth-order valence-electron chi connectivity index (χ4n) is 3.56.